The zero-order valence-corrected chi connectivity index (χ0v) is 18.1. The van der Waals surface area contributed by atoms with Crippen LogP contribution in [0.5, 0.6) is 0 Å². The van der Waals surface area contributed by atoms with Gasteiger partial charge in [0.25, 0.3) is 0 Å². The van der Waals surface area contributed by atoms with Crippen LogP contribution in [0.25, 0.3) is 0 Å². The van der Waals surface area contributed by atoms with E-state index >= 15 is 0 Å². The van der Waals surface area contributed by atoms with Gasteiger partial charge in [-0.15, -0.1) is 0 Å². The Kier molecular flexibility index (Phi) is 23.7. The van der Waals surface area contributed by atoms with Crippen LogP contribution >= 0.6 is 0 Å². The van der Waals surface area contributed by atoms with Gasteiger partial charge in [-0.1, -0.05) is 0 Å². The summed E-state index contributed by atoms with van der Waals surface area (Å²) in [4.78, 5) is 31.9. The number of hydrogen-bond donors (Lipinski definition) is 9. The van der Waals surface area contributed by atoms with Gasteiger partial charge >= 0.3 is 5.97 Å². The maximum absolute atomic E-state index is 10.9. The summed E-state index contributed by atoms with van der Waals surface area (Å²) < 4.78 is 0. The van der Waals surface area contributed by atoms with Crippen molar-refractivity contribution in [2.75, 3.05) is 69.0 Å². The lowest BCUT2D eigenvalue weighted by atomic mass is 10.3. The standard InChI is InChI=1S/C6H15N3O.C5H13N3O.C5H12N2O2/c1-7-4-5(8-2)6(10)9-3;1-7-4(3-6)5(9)8-2;1-6-3-4(7-2)5(8)9/h5,7-8H,4H2,1-3H3,(H,9,10);4,7H,3,6H2,1-2H3,(H,8,9);4,6-7H,3H2,1-2H3,(H,8,9). The Hall–Kier alpha value is -1.83. The molecule has 0 aromatic carbocycles. The Morgan fingerprint density at radius 3 is 1.25 bits per heavy atom. The van der Waals surface area contributed by atoms with Gasteiger partial charge in [-0.3, -0.25) is 14.4 Å². The monoisotopic (exact) mass is 408 g/mol. The quantitative estimate of drug-likeness (QED) is 0.162. The SMILES string of the molecule is CNC(=O)C(CN)NC.CNCC(NC)C(=O)NC.CNCC(NC)C(=O)O. The first-order valence-electron chi connectivity index (χ1n) is 8.91. The van der Waals surface area contributed by atoms with Crippen molar-refractivity contribution in [2.24, 2.45) is 5.73 Å². The second-order valence-electron chi connectivity index (χ2n) is 5.44. The number of aliphatic carboxylic acids is 1. The van der Waals surface area contributed by atoms with Gasteiger partial charge in [-0.05, 0) is 35.2 Å². The van der Waals surface area contributed by atoms with E-state index in [0.29, 0.717) is 19.6 Å². The molecule has 12 heteroatoms. The molecule has 168 valence electrons. The Morgan fingerprint density at radius 1 is 0.714 bits per heavy atom. The molecule has 0 radical (unpaired) electrons. The summed E-state index contributed by atoms with van der Waals surface area (Å²) in [5.41, 5.74) is 5.24. The Morgan fingerprint density at radius 2 is 1.07 bits per heavy atom. The van der Waals surface area contributed by atoms with Gasteiger partial charge in [0.2, 0.25) is 11.8 Å². The normalized spacial score (nSPS) is 12.9. The largest absolute Gasteiger partial charge is 0.480 e. The lowest BCUT2D eigenvalue weighted by Crippen LogP contribution is -2.46. The predicted octanol–water partition coefficient (Wildman–Crippen LogP) is -4.30. The van der Waals surface area contributed by atoms with E-state index in [-0.39, 0.29) is 23.9 Å². The van der Waals surface area contributed by atoms with E-state index in [2.05, 4.69) is 37.2 Å². The maximum Gasteiger partial charge on any atom is 0.322 e. The van der Waals surface area contributed by atoms with Crippen LogP contribution in [-0.2, 0) is 14.4 Å². The summed E-state index contributed by atoms with van der Waals surface area (Å²) in [6.45, 7) is 1.43. The topological polar surface area (TPSA) is 182 Å². The van der Waals surface area contributed by atoms with Crippen LogP contribution in [0, 0.1) is 0 Å². The fourth-order valence-corrected chi connectivity index (χ4v) is 1.75. The number of amides is 2. The zero-order valence-electron chi connectivity index (χ0n) is 18.1. The highest BCUT2D eigenvalue weighted by Crippen LogP contribution is 1.78. The minimum absolute atomic E-state index is 0.0110. The van der Waals surface area contributed by atoms with E-state index in [4.69, 9.17) is 10.8 Å². The van der Waals surface area contributed by atoms with E-state index in [1.165, 1.54) is 0 Å². The number of nitrogens with two attached hydrogens (primary N) is 1. The molecule has 0 spiro atoms. The molecule has 0 saturated carbocycles. The lowest BCUT2D eigenvalue weighted by molar-refractivity contribution is -0.139. The number of carbonyl (C=O) groups excluding carboxylic acids is 2. The lowest BCUT2D eigenvalue weighted by Gasteiger charge is -2.12. The molecule has 12 nitrogen and oxygen atoms in total. The van der Waals surface area contributed by atoms with Crippen molar-refractivity contribution in [3.63, 3.8) is 0 Å². The molecule has 0 heterocycles. The summed E-state index contributed by atoms with van der Waals surface area (Å²) in [6.07, 6.45) is 0. The molecule has 28 heavy (non-hydrogen) atoms. The van der Waals surface area contributed by atoms with Crippen LogP contribution in [-0.4, -0.2) is 110 Å². The zero-order chi connectivity index (χ0) is 22.5. The second-order valence-corrected chi connectivity index (χ2v) is 5.44. The molecule has 0 bridgehead atoms. The van der Waals surface area contributed by atoms with Crippen LogP contribution in [0.1, 0.15) is 0 Å². The third-order valence-corrected chi connectivity index (χ3v) is 3.52. The van der Waals surface area contributed by atoms with Crippen molar-refractivity contribution >= 4 is 17.8 Å². The van der Waals surface area contributed by atoms with Crippen LogP contribution in [0.3, 0.4) is 0 Å². The second kappa shape index (κ2) is 21.5. The highest BCUT2D eigenvalue weighted by Gasteiger charge is 2.12. The average Bonchev–Trinajstić information content (AvgIpc) is 2.70. The van der Waals surface area contributed by atoms with Crippen molar-refractivity contribution < 1.29 is 19.5 Å². The van der Waals surface area contributed by atoms with Gasteiger partial charge in [-0.25, -0.2) is 0 Å². The fraction of sp³-hybridized carbons (Fsp3) is 0.812. The third-order valence-electron chi connectivity index (χ3n) is 3.52. The molecule has 0 aromatic rings. The molecular formula is C16H40N8O4. The first-order chi connectivity index (χ1) is 13.2. The molecule has 0 aromatic heterocycles. The third kappa shape index (κ3) is 16.4. The van der Waals surface area contributed by atoms with E-state index in [1.807, 2.05) is 7.05 Å². The number of likely N-dealkylation sites (N-methyl/N-ethyl adjacent to an activating group) is 7. The van der Waals surface area contributed by atoms with Gasteiger partial charge in [0.15, 0.2) is 0 Å². The molecule has 3 atom stereocenters. The number of nitrogens with one attached hydrogen (secondary N) is 7. The van der Waals surface area contributed by atoms with Gasteiger partial charge < -0.3 is 48.1 Å². The average molecular weight is 409 g/mol. The number of rotatable bonds is 11. The Bertz CT molecular complexity index is 405. The van der Waals surface area contributed by atoms with Crippen molar-refractivity contribution in [1.29, 1.82) is 0 Å². The predicted molar refractivity (Wildman–Crippen MR) is 111 cm³/mol. The molecule has 0 rings (SSSR count). The molecule has 0 fully saturated rings. The first-order valence-corrected chi connectivity index (χ1v) is 8.91. The minimum atomic E-state index is -0.827. The summed E-state index contributed by atoms with van der Waals surface area (Å²) >= 11 is 0. The summed E-state index contributed by atoms with van der Waals surface area (Å²) in [6, 6.07) is -0.861. The number of carboxylic acid groups (broad SMARTS) is 1. The van der Waals surface area contributed by atoms with E-state index in [9.17, 15) is 14.4 Å². The Labute approximate surface area is 168 Å². The molecule has 2 amide bonds. The fourth-order valence-electron chi connectivity index (χ4n) is 1.75. The summed E-state index contributed by atoms with van der Waals surface area (Å²) in [5, 5.41) is 27.4. The Balaban J connectivity index is -0.000000336. The smallest absolute Gasteiger partial charge is 0.322 e. The molecule has 10 N–H and O–H groups in total. The number of hydrogen-bond acceptors (Lipinski definition) is 9. The number of carboxylic acids is 1. The van der Waals surface area contributed by atoms with Crippen molar-refractivity contribution in [2.45, 2.75) is 18.1 Å². The van der Waals surface area contributed by atoms with Crippen LogP contribution in [0.4, 0.5) is 0 Å². The highest BCUT2D eigenvalue weighted by atomic mass is 16.4. The van der Waals surface area contributed by atoms with Crippen LogP contribution < -0.4 is 43.0 Å². The first kappa shape index (κ1) is 30.9. The van der Waals surface area contributed by atoms with Gasteiger partial charge in [0.1, 0.15) is 6.04 Å². The van der Waals surface area contributed by atoms with Crippen molar-refractivity contribution in [1.82, 2.24) is 37.2 Å². The van der Waals surface area contributed by atoms with E-state index < -0.39 is 12.0 Å². The number of carbonyl (C=O) groups is 3. The molecule has 0 saturated heterocycles. The van der Waals surface area contributed by atoms with E-state index in [1.54, 1.807) is 42.3 Å². The van der Waals surface area contributed by atoms with Crippen molar-refractivity contribution in [3.8, 4) is 0 Å². The van der Waals surface area contributed by atoms with Crippen LogP contribution in [0.15, 0.2) is 0 Å². The van der Waals surface area contributed by atoms with Gasteiger partial charge in [-0.2, -0.15) is 0 Å². The van der Waals surface area contributed by atoms with Crippen molar-refractivity contribution in [3.05, 3.63) is 0 Å². The molecule has 3 unspecified atom stereocenters. The maximum atomic E-state index is 10.9. The molecule has 0 aliphatic carbocycles. The highest BCUT2D eigenvalue weighted by molar-refractivity contribution is 5.82. The summed E-state index contributed by atoms with van der Waals surface area (Å²) in [7, 11) is 11.8. The molecular weight excluding hydrogens is 368 g/mol. The molecule has 0 aliphatic heterocycles. The van der Waals surface area contributed by atoms with Gasteiger partial charge in [0.05, 0.1) is 12.1 Å². The van der Waals surface area contributed by atoms with Crippen LogP contribution in [0.2, 0.25) is 0 Å². The van der Waals surface area contributed by atoms with Gasteiger partial charge in [0, 0.05) is 33.7 Å². The summed E-state index contributed by atoms with van der Waals surface area (Å²) in [5.74, 6) is -0.885. The minimum Gasteiger partial charge on any atom is -0.480 e. The molecule has 0 aliphatic rings. The van der Waals surface area contributed by atoms with E-state index in [0.717, 1.165) is 0 Å².